The van der Waals surface area contributed by atoms with Crippen LogP contribution in [0.3, 0.4) is 0 Å². The molecule has 3 rings (SSSR count). The van der Waals surface area contributed by atoms with E-state index in [1.165, 1.54) is 12.1 Å². The molecule has 1 N–H and O–H groups in total. The van der Waals surface area contributed by atoms with E-state index in [2.05, 4.69) is 5.32 Å². The van der Waals surface area contributed by atoms with Crippen LogP contribution in [-0.4, -0.2) is 7.11 Å². The van der Waals surface area contributed by atoms with E-state index < -0.39 is 11.7 Å². The first-order valence-corrected chi connectivity index (χ1v) is 6.58. The molecule has 2 nitrogen and oxygen atoms in total. The molecule has 1 aliphatic heterocycles. The third kappa shape index (κ3) is 2.68. The van der Waals surface area contributed by atoms with Gasteiger partial charge in [-0.2, -0.15) is 13.2 Å². The second kappa shape index (κ2) is 4.98. The third-order valence-electron chi connectivity index (χ3n) is 3.68. The molecule has 110 valence electrons. The average Bonchev–Trinajstić information content (AvgIpc) is 2.89. The van der Waals surface area contributed by atoms with Crippen molar-refractivity contribution in [3.05, 3.63) is 59.2 Å². The lowest BCUT2D eigenvalue weighted by Gasteiger charge is -2.12. The molecule has 2 aromatic carbocycles. The molecule has 1 atom stereocenters. The van der Waals surface area contributed by atoms with Crippen molar-refractivity contribution in [1.29, 1.82) is 0 Å². The Balaban J connectivity index is 1.87. The van der Waals surface area contributed by atoms with Crippen LogP contribution < -0.4 is 10.1 Å². The second-order valence-electron chi connectivity index (χ2n) is 5.05. The minimum atomic E-state index is -4.30. The normalized spacial score (nSPS) is 17.2. The molecule has 0 aromatic heterocycles. The predicted octanol–water partition coefficient (Wildman–Crippen LogP) is 4.42. The van der Waals surface area contributed by atoms with Crippen molar-refractivity contribution in [2.24, 2.45) is 0 Å². The molecule has 1 heterocycles. The van der Waals surface area contributed by atoms with Crippen LogP contribution in [0.5, 0.6) is 5.75 Å². The van der Waals surface area contributed by atoms with Gasteiger partial charge >= 0.3 is 6.18 Å². The van der Waals surface area contributed by atoms with Crippen molar-refractivity contribution in [3.8, 4) is 5.75 Å². The molecule has 1 aliphatic rings. The smallest absolute Gasteiger partial charge is 0.416 e. The summed E-state index contributed by atoms with van der Waals surface area (Å²) in [6.45, 7) is 0. The second-order valence-corrected chi connectivity index (χ2v) is 5.05. The van der Waals surface area contributed by atoms with Gasteiger partial charge in [0.2, 0.25) is 0 Å². The molecule has 0 aliphatic carbocycles. The summed E-state index contributed by atoms with van der Waals surface area (Å²) in [5, 5.41) is 3.26. The fraction of sp³-hybridized carbons (Fsp3) is 0.250. The number of benzene rings is 2. The maximum Gasteiger partial charge on any atom is 0.416 e. The highest BCUT2D eigenvalue weighted by Crippen LogP contribution is 2.38. The van der Waals surface area contributed by atoms with E-state index >= 15 is 0 Å². The molecule has 0 amide bonds. The zero-order valence-electron chi connectivity index (χ0n) is 11.4. The van der Waals surface area contributed by atoms with Gasteiger partial charge in [-0.25, -0.2) is 0 Å². The van der Waals surface area contributed by atoms with Gasteiger partial charge in [0, 0.05) is 5.69 Å². The van der Waals surface area contributed by atoms with Crippen LogP contribution in [0.4, 0.5) is 18.9 Å². The number of anilines is 1. The van der Waals surface area contributed by atoms with E-state index in [4.69, 9.17) is 4.74 Å². The number of alkyl halides is 3. The van der Waals surface area contributed by atoms with Gasteiger partial charge < -0.3 is 10.1 Å². The van der Waals surface area contributed by atoms with Crippen molar-refractivity contribution in [2.75, 3.05) is 12.4 Å². The number of hydrogen-bond donors (Lipinski definition) is 1. The zero-order valence-corrected chi connectivity index (χ0v) is 11.4. The van der Waals surface area contributed by atoms with Crippen LogP contribution in [0.25, 0.3) is 0 Å². The highest BCUT2D eigenvalue weighted by molar-refractivity contribution is 5.59. The summed E-state index contributed by atoms with van der Waals surface area (Å²) in [7, 11) is 1.59. The van der Waals surface area contributed by atoms with Crippen molar-refractivity contribution < 1.29 is 17.9 Å². The van der Waals surface area contributed by atoms with Gasteiger partial charge in [0.25, 0.3) is 0 Å². The molecule has 2 aromatic rings. The predicted molar refractivity (Wildman–Crippen MR) is 74.5 cm³/mol. The Bertz CT molecular complexity index is 667. The average molecular weight is 293 g/mol. The molecule has 0 fully saturated rings. The van der Waals surface area contributed by atoms with Gasteiger partial charge in [0.15, 0.2) is 0 Å². The lowest BCUT2D eigenvalue weighted by Crippen LogP contribution is -2.05. The standard InChI is InChI=1S/C16H14F3NO/c1-21-13-4-2-3-10(8-13)15-9-11-7-12(16(17,18)19)5-6-14(11)20-15/h2-8,15,20H,9H2,1H3. The first kappa shape index (κ1) is 13.8. The van der Waals surface area contributed by atoms with Crippen LogP contribution in [0.1, 0.15) is 22.7 Å². The van der Waals surface area contributed by atoms with Crippen LogP contribution >= 0.6 is 0 Å². The molecule has 0 saturated heterocycles. The van der Waals surface area contributed by atoms with Gasteiger partial charge in [-0.05, 0) is 47.9 Å². The van der Waals surface area contributed by atoms with Gasteiger partial charge in [0.05, 0.1) is 18.7 Å². The maximum absolute atomic E-state index is 12.7. The number of nitrogens with one attached hydrogen (secondary N) is 1. The number of halogens is 3. The van der Waals surface area contributed by atoms with Crippen LogP contribution in [0, 0.1) is 0 Å². The summed E-state index contributed by atoms with van der Waals surface area (Å²) in [6.07, 6.45) is -3.77. The van der Waals surface area contributed by atoms with Gasteiger partial charge in [-0.15, -0.1) is 0 Å². The quantitative estimate of drug-likeness (QED) is 0.884. The Hall–Kier alpha value is -2.17. The minimum Gasteiger partial charge on any atom is -0.497 e. The summed E-state index contributed by atoms with van der Waals surface area (Å²) in [6, 6.07) is 11.4. The Labute approximate surface area is 120 Å². The molecular weight excluding hydrogens is 279 g/mol. The molecule has 0 saturated carbocycles. The molecule has 1 unspecified atom stereocenters. The highest BCUT2D eigenvalue weighted by atomic mass is 19.4. The first-order valence-electron chi connectivity index (χ1n) is 6.58. The van der Waals surface area contributed by atoms with E-state index in [-0.39, 0.29) is 6.04 Å². The van der Waals surface area contributed by atoms with Crippen LogP contribution in [-0.2, 0) is 12.6 Å². The summed E-state index contributed by atoms with van der Waals surface area (Å²) in [4.78, 5) is 0. The highest BCUT2D eigenvalue weighted by Gasteiger charge is 2.32. The summed E-state index contributed by atoms with van der Waals surface area (Å²) >= 11 is 0. The van der Waals surface area contributed by atoms with Crippen molar-refractivity contribution >= 4 is 5.69 Å². The van der Waals surface area contributed by atoms with Crippen molar-refractivity contribution in [2.45, 2.75) is 18.6 Å². The fourth-order valence-corrected chi connectivity index (χ4v) is 2.60. The first-order chi connectivity index (χ1) is 9.97. The van der Waals surface area contributed by atoms with Crippen LogP contribution in [0.2, 0.25) is 0 Å². The SMILES string of the molecule is COc1cccc(C2Cc3cc(C(F)(F)F)ccc3N2)c1. The lowest BCUT2D eigenvalue weighted by molar-refractivity contribution is -0.137. The Morgan fingerprint density at radius 3 is 2.67 bits per heavy atom. The van der Waals surface area contributed by atoms with Crippen molar-refractivity contribution in [3.63, 3.8) is 0 Å². The largest absolute Gasteiger partial charge is 0.497 e. The maximum atomic E-state index is 12.7. The molecule has 0 spiro atoms. The van der Waals surface area contributed by atoms with Gasteiger partial charge in [-0.1, -0.05) is 12.1 Å². The molecule has 5 heteroatoms. The van der Waals surface area contributed by atoms with Gasteiger partial charge in [0.1, 0.15) is 5.75 Å². The van der Waals surface area contributed by atoms with E-state index in [9.17, 15) is 13.2 Å². The Morgan fingerprint density at radius 1 is 1.14 bits per heavy atom. The number of ether oxygens (including phenoxy) is 1. The molecule has 0 radical (unpaired) electrons. The number of hydrogen-bond acceptors (Lipinski definition) is 2. The monoisotopic (exact) mass is 293 g/mol. The number of methoxy groups -OCH3 is 1. The Kier molecular flexibility index (Phi) is 3.27. The summed E-state index contributed by atoms with van der Waals surface area (Å²) < 4.78 is 43.4. The molecule has 0 bridgehead atoms. The van der Waals surface area contributed by atoms with Crippen LogP contribution in [0.15, 0.2) is 42.5 Å². The van der Waals surface area contributed by atoms with E-state index in [1.54, 1.807) is 7.11 Å². The lowest BCUT2D eigenvalue weighted by atomic mass is 10.0. The Morgan fingerprint density at radius 2 is 1.95 bits per heavy atom. The third-order valence-corrected chi connectivity index (χ3v) is 3.68. The number of fused-ring (bicyclic) bond motifs is 1. The zero-order chi connectivity index (χ0) is 15.0. The molecular formula is C16H14F3NO. The van der Waals surface area contributed by atoms with E-state index in [0.29, 0.717) is 12.0 Å². The fourth-order valence-electron chi connectivity index (χ4n) is 2.60. The molecule has 21 heavy (non-hydrogen) atoms. The summed E-state index contributed by atoms with van der Waals surface area (Å²) in [5.41, 5.74) is 1.85. The summed E-state index contributed by atoms with van der Waals surface area (Å²) in [5.74, 6) is 0.737. The topological polar surface area (TPSA) is 21.3 Å². The van der Waals surface area contributed by atoms with E-state index in [1.807, 2.05) is 24.3 Å². The van der Waals surface area contributed by atoms with Gasteiger partial charge in [-0.3, -0.25) is 0 Å². The number of rotatable bonds is 2. The van der Waals surface area contributed by atoms with Crippen molar-refractivity contribution in [1.82, 2.24) is 0 Å². The van der Waals surface area contributed by atoms with E-state index in [0.717, 1.165) is 23.1 Å². The minimum absolute atomic E-state index is 0.0291.